The van der Waals surface area contributed by atoms with Gasteiger partial charge in [0.05, 0.1) is 18.6 Å². The van der Waals surface area contributed by atoms with Gasteiger partial charge in [0.2, 0.25) is 5.91 Å². The third-order valence-corrected chi connectivity index (χ3v) is 3.17. The minimum Gasteiger partial charge on any atom is -0.484 e. The molecule has 0 fully saturated rings. The summed E-state index contributed by atoms with van der Waals surface area (Å²) in [7, 11) is 1.48. The van der Waals surface area contributed by atoms with E-state index in [4.69, 9.17) is 10.5 Å². The Labute approximate surface area is 132 Å². The number of halogens is 3. The van der Waals surface area contributed by atoms with Gasteiger partial charge in [-0.15, -0.1) is 0 Å². The lowest BCUT2D eigenvalue weighted by atomic mass is 10.1. The van der Waals surface area contributed by atoms with E-state index in [0.717, 1.165) is 5.56 Å². The van der Waals surface area contributed by atoms with Crippen LogP contribution in [0.5, 0.6) is 5.75 Å². The van der Waals surface area contributed by atoms with Gasteiger partial charge in [-0.1, -0.05) is 12.1 Å². The van der Waals surface area contributed by atoms with Crippen molar-refractivity contribution >= 4 is 5.91 Å². The monoisotopic (exact) mass is 334 g/mol. The van der Waals surface area contributed by atoms with E-state index in [1.807, 2.05) is 0 Å². The van der Waals surface area contributed by atoms with Gasteiger partial charge in [0.25, 0.3) is 0 Å². The highest BCUT2D eigenvalue weighted by molar-refractivity contribution is 5.77. The summed E-state index contributed by atoms with van der Waals surface area (Å²) in [6.07, 6.45) is -4.58. The van der Waals surface area contributed by atoms with E-state index in [0.29, 0.717) is 0 Å². The zero-order valence-electron chi connectivity index (χ0n) is 13.0. The minimum absolute atomic E-state index is 0.118. The van der Waals surface area contributed by atoms with Crippen LogP contribution in [-0.4, -0.2) is 38.4 Å². The number of carbonyl (C=O) groups is 1. The summed E-state index contributed by atoms with van der Waals surface area (Å²) in [5, 5.41) is 2.78. The van der Waals surface area contributed by atoms with Crippen LogP contribution < -0.4 is 15.8 Å². The van der Waals surface area contributed by atoms with Gasteiger partial charge in [0.1, 0.15) is 5.75 Å². The fourth-order valence-electron chi connectivity index (χ4n) is 1.87. The normalized spacial score (nSPS) is 14.2. The Morgan fingerprint density at radius 1 is 1.30 bits per heavy atom. The molecule has 1 aromatic carbocycles. The van der Waals surface area contributed by atoms with Gasteiger partial charge < -0.3 is 20.5 Å². The van der Waals surface area contributed by atoms with E-state index in [2.05, 4.69) is 10.1 Å². The molecule has 0 aliphatic heterocycles. The maximum atomic E-state index is 12.1. The molecule has 0 aliphatic rings. The zero-order valence-corrected chi connectivity index (χ0v) is 13.0. The van der Waals surface area contributed by atoms with Gasteiger partial charge in [-0.25, -0.2) is 0 Å². The number of carbonyl (C=O) groups excluding carboxylic acids is 1. The number of nitrogens with one attached hydrogen (secondary N) is 1. The van der Waals surface area contributed by atoms with Gasteiger partial charge >= 0.3 is 6.18 Å². The third-order valence-electron chi connectivity index (χ3n) is 3.17. The van der Waals surface area contributed by atoms with Gasteiger partial charge in [-0.3, -0.25) is 4.79 Å². The maximum Gasteiger partial charge on any atom is 0.422 e. The number of ether oxygens (including phenoxy) is 2. The van der Waals surface area contributed by atoms with Gasteiger partial charge in [0.15, 0.2) is 6.61 Å². The van der Waals surface area contributed by atoms with Crippen molar-refractivity contribution in [2.45, 2.75) is 31.7 Å². The summed E-state index contributed by atoms with van der Waals surface area (Å²) in [6.45, 7) is 0.674. The molecule has 0 saturated heterocycles. The second kappa shape index (κ2) is 8.73. The molecule has 130 valence electrons. The molecule has 0 radical (unpaired) electrons. The van der Waals surface area contributed by atoms with Crippen molar-refractivity contribution in [3.8, 4) is 5.75 Å². The number of hydrogen-bond donors (Lipinski definition) is 2. The number of nitrogens with two attached hydrogens (primary N) is 1. The van der Waals surface area contributed by atoms with Crippen molar-refractivity contribution in [3.63, 3.8) is 0 Å². The molecule has 0 bridgehead atoms. The Bertz CT molecular complexity index is 488. The van der Waals surface area contributed by atoms with Gasteiger partial charge in [-0.05, 0) is 24.6 Å². The van der Waals surface area contributed by atoms with E-state index in [1.54, 1.807) is 19.1 Å². The van der Waals surface area contributed by atoms with E-state index < -0.39 is 12.8 Å². The molecule has 1 rings (SSSR count). The first-order valence-electron chi connectivity index (χ1n) is 7.07. The van der Waals surface area contributed by atoms with Crippen LogP contribution >= 0.6 is 0 Å². The minimum atomic E-state index is -4.37. The predicted molar refractivity (Wildman–Crippen MR) is 79.0 cm³/mol. The average molecular weight is 334 g/mol. The number of amides is 1. The van der Waals surface area contributed by atoms with Crippen molar-refractivity contribution in [3.05, 3.63) is 29.8 Å². The van der Waals surface area contributed by atoms with Crippen LogP contribution in [0.15, 0.2) is 24.3 Å². The molecule has 23 heavy (non-hydrogen) atoms. The van der Waals surface area contributed by atoms with Crippen LogP contribution in [0.2, 0.25) is 0 Å². The fourth-order valence-corrected chi connectivity index (χ4v) is 1.87. The van der Waals surface area contributed by atoms with Gasteiger partial charge in [-0.2, -0.15) is 13.2 Å². The van der Waals surface area contributed by atoms with Crippen molar-refractivity contribution < 1.29 is 27.4 Å². The molecule has 0 aromatic heterocycles. The Morgan fingerprint density at radius 3 is 2.39 bits per heavy atom. The molecule has 2 atom stereocenters. The second-order valence-corrected chi connectivity index (χ2v) is 5.06. The highest BCUT2D eigenvalue weighted by Gasteiger charge is 2.28. The van der Waals surface area contributed by atoms with Crippen LogP contribution in [0.25, 0.3) is 0 Å². The molecular formula is C15H21F3N2O3. The average Bonchev–Trinajstić information content (AvgIpc) is 2.50. The van der Waals surface area contributed by atoms with Crippen molar-refractivity contribution in [2.75, 3.05) is 20.3 Å². The number of methoxy groups -OCH3 is 1. The molecule has 1 amide bonds. The lowest BCUT2D eigenvalue weighted by Crippen LogP contribution is -2.33. The molecule has 2 unspecified atom stereocenters. The first-order valence-corrected chi connectivity index (χ1v) is 7.07. The highest BCUT2D eigenvalue weighted by Crippen LogP contribution is 2.21. The van der Waals surface area contributed by atoms with Crippen LogP contribution in [0.1, 0.15) is 24.9 Å². The molecule has 8 heteroatoms. The van der Waals surface area contributed by atoms with Gasteiger partial charge in [0, 0.05) is 13.7 Å². The maximum absolute atomic E-state index is 12.1. The Kier molecular flexibility index (Phi) is 7.31. The molecule has 0 saturated carbocycles. The summed E-state index contributed by atoms with van der Waals surface area (Å²) < 4.78 is 45.8. The van der Waals surface area contributed by atoms with Crippen LogP contribution in [0.4, 0.5) is 13.2 Å². The molecule has 0 aliphatic carbocycles. The molecule has 3 N–H and O–H groups in total. The summed E-state index contributed by atoms with van der Waals surface area (Å²) in [5.74, 6) is -0.0978. The van der Waals surface area contributed by atoms with E-state index >= 15 is 0 Å². The largest absolute Gasteiger partial charge is 0.484 e. The molecule has 0 spiro atoms. The third kappa shape index (κ3) is 7.34. The highest BCUT2D eigenvalue weighted by atomic mass is 19.4. The summed E-state index contributed by atoms with van der Waals surface area (Å²) in [5.41, 5.74) is 6.20. The topological polar surface area (TPSA) is 73.6 Å². The predicted octanol–water partition coefficient (Wildman–Crippen LogP) is 2.17. The zero-order chi connectivity index (χ0) is 17.5. The van der Waals surface area contributed by atoms with Crippen molar-refractivity contribution in [2.24, 2.45) is 5.73 Å². The van der Waals surface area contributed by atoms with Crippen molar-refractivity contribution in [1.82, 2.24) is 5.32 Å². The molecule has 1 aromatic rings. The summed E-state index contributed by atoms with van der Waals surface area (Å²) in [4.78, 5) is 11.8. The summed E-state index contributed by atoms with van der Waals surface area (Å²) >= 11 is 0. The number of benzene rings is 1. The van der Waals surface area contributed by atoms with E-state index in [-0.39, 0.29) is 36.8 Å². The summed E-state index contributed by atoms with van der Waals surface area (Å²) in [6, 6.07) is 5.78. The van der Waals surface area contributed by atoms with E-state index in [9.17, 15) is 18.0 Å². The van der Waals surface area contributed by atoms with Crippen LogP contribution in [0, 0.1) is 0 Å². The second-order valence-electron chi connectivity index (χ2n) is 5.06. The first-order chi connectivity index (χ1) is 10.7. The fraction of sp³-hybridized carbons (Fsp3) is 0.533. The standard InChI is InChI=1S/C15H21F3N2O3/c1-10(20-14(21)7-13(8-19)22-2)11-3-5-12(6-4-11)23-9-15(16,17)18/h3-6,10,13H,7-9,19H2,1-2H3,(H,20,21). The lowest BCUT2D eigenvalue weighted by molar-refractivity contribution is -0.153. The molecule has 0 heterocycles. The lowest BCUT2D eigenvalue weighted by Gasteiger charge is -2.17. The Hall–Kier alpha value is -1.80. The number of rotatable bonds is 8. The van der Waals surface area contributed by atoms with Crippen LogP contribution in [0.3, 0.4) is 0 Å². The smallest absolute Gasteiger partial charge is 0.422 e. The number of hydrogen-bond acceptors (Lipinski definition) is 4. The quantitative estimate of drug-likeness (QED) is 0.764. The SMILES string of the molecule is COC(CN)CC(=O)NC(C)c1ccc(OCC(F)(F)F)cc1. The van der Waals surface area contributed by atoms with Crippen LogP contribution in [-0.2, 0) is 9.53 Å². The first kappa shape index (κ1) is 19.2. The Morgan fingerprint density at radius 2 is 1.91 bits per heavy atom. The number of alkyl halides is 3. The van der Waals surface area contributed by atoms with Crippen molar-refractivity contribution in [1.29, 1.82) is 0 Å². The Balaban J connectivity index is 2.53. The molecular weight excluding hydrogens is 313 g/mol. The molecule has 5 nitrogen and oxygen atoms in total. The van der Waals surface area contributed by atoms with E-state index in [1.165, 1.54) is 19.2 Å².